The lowest BCUT2D eigenvalue weighted by Crippen LogP contribution is -2.22. The second kappa shape index (κ2) is 5.05. The zero-order chi connectivity index (χ0) is 12.3. The van der Waals surface area contributed by atoms with Crippen molar-refractivity contribution in [1.29, 1.82) is 0 Å². The molecule has 17 heavy (non-hydrogen) atoms. The molecule has 0 aliphatic carbocycles. The van der Waals surface area contributed by atoms with Gasteiger partial charge < -0.3 is 19.3 Å². The highest BCUT2D eigenvalue weighted by molar-refractivity contribution is 5.77. The first-order valence-corrected chi connectivity index (χ1v) is 5.36. The molecule has 1 fully saturated rings. The number of esters is 1. The van der Waals surface area contributed by atoms with Crippen LogP contribution in [0.4, 0.5) is 0 Å². The van der Waals surface area contributed by atoms with Crippen LogP contribution in [-0.4, -0.2) is 30.9 Å². The molecule has 1 saturated heterocycles. The molecule has 1 heterocycles. The van der Waals surface area contributed by atoms with E-state index in [2.05, 4.69) is 0 Å². The molecule has 5 nitrogen and oxygen atoms in total. The summed E-state index contributed by atoms with van der Waals surface area (Å²) in [6.07, 6.45) is -0.0986. The summed E-state index contributed by atoms with van der Waals surface area (Å²) in [5.41, 5.74) is 0.587. The van der Waals surface area contributed by atoms with Crippen LogP contribution in [-0.2, 0) is 16.1 Å². The van der Waals surface area contributed by atoms with Gasteiger partial charge in [0.15, 0.2) is 17.6 Å². The summed E-state index contributed by atoms with van der Waals surface area (Å²) in [4.78, 5) is 11.3. The minimum absolute atomic E-state index is 0.172. The van der Waals surface area contributed by atoms with Crippen LogP contribution in [0.15, 0.2) is 18.2 Å². The zero-order valence-corrected chi connectivity index (χ0v) is 9.51. The van der Waals surface area contributed by atoms with E-state index in [-0.39, 0.29) is 12.6 Å². The highest BCUT2D eigenvalue weighted by Crippen LogP contribution is 2.33. The number of hydrogen-bond acceptors (Lipinski definition) is 5. The van der Waals surface area contributed by atoms with Crippen molar-refractivity contribution in [3.63, 3.8) is 0 Å². The van der Waals surface area contributed by atoms with Gasteiger partial charge >= 0.3 is 5.97 Å². The Morgan fingerprint density at radius 2 is 2.35 bits per heavy atom. The molecule has 0 bridgehead atoms. The molecule has 1 unspecified atom stereocenters. The van der Waals surface area contributed by atoms with E-state index in [1.807, 2.05) is 0 Å². The molecule has 2 rings (SSSR count). The van der Waals surface area contributed by atoms with E-state index in [0.717, 1.165) is 0 Å². The number of carbonyl (C=O) groups is 1. The van der Waals surface area contributed by atoms with Crippen molar-refractivity contribution in [1.82, 2.24) is 0 Å². The molecule has 0 spiro atoms. The Morgan fingerprint density at radius 3 is 2.94 bits per heavy atom. The molecule has 1 aliphatic heterocycles. The minimum Gasteiger partial charge on any atom is -0.493 e. The number of carbonyl (C=O) groups excluding carboxylic acids is 1. The quantitative estimate of drug-likeness (QED) is 0.789. The summed E-state index contributed by atoms with van der Waals surface area (Å²) in [6.45, 7) is 0.196. The van der Waals surface area contributed by atoms with E-state index >= 15 is 0 Å². The van der Waals surface area contributed by atoms with Crippen molar-refractivity contribution in [2.45, 2.75) is 19.1 Å². The monoisotopic (exact) mass is 238 g/mol. The Morgan fingerprint density at radius 1 is 1.53 bits per heavy atom. The Kier molecular flexibility index (Phi) is 3.49. The third kappa shape index (κ3) is 2.34. The van der Waals surface area contributed by atoms with Crippen LogP contribution in [0.2, 0.25) is 0 Å². The van der Waals surface area contributed by atoms with Crippen molar-refractivity contribution in [2.75, 3.05) is 13.7 Å². The van der Waals surface area contributed by atoms with Crippen LogP contribution < -0.4 is 9.47 Å². The van der Waals surface area contributed by atoms with Crippen LogP contribution in [0.25, 0.3) is 0 Å². The minimum atomic E-state index is -0.614. The summed E-state index contributed by atoms with van der Waals surface area (Å²) in [7, 11) is 1.51. The van der Waals surface area contributed by atoms with Gasteiger partial charge in [0.25, 0.3) is 0 Å². The van der Waals surface area contributed by atoms with Crippen molar-refractivity contribution < 1.29 is 24.1 Å². The van der Waals surface area contributed by atoms with E-state index in [0.29, 0.717) is 30.1 Å². The van der Waals surface area contributed by atoms with Crippen LogP contribution in [0, 0.1) is 0 Å². The second-order valence-corrected chi connectivity index (χ2v) is 3.67. The molecule has 1 aromatic carbocycles. The third-order valence-corrected chi connectivity index (χ3v) is 2.60. The van der Waals surface area contributed by atoms with Crippen LogP contribution >= 0.6 is 0 Å². The predicted octanol–water partition coefficient (Wildman–Crippen LogP) is 0.882. The van der Waals surface area contributed by atoms with Gasteiger partial charge in [-0.05, 0) is 6.07 Å². The van der Waals surface area contributed by atoms with Gasteiger partial charge in [0, 0.05) is 12.0 Å². The molecular weight excluding hydrogens is 224 g/mol. The van der Waals surface area contributed by atoms with Gasteiger partial charge in [-0.3, -0.25) is 0 Å². The fourth-order valence-corrected chi connectivity index (χ4v) is 1.71. The normalized spacial score (nSPS) is 18.9. The summed E-state index contributed by atoms with van der Waals surface area (Å²) in [6, 6.07) is 5.19. The maximum absolute atomic E-state index is 11.3. The maximum atomic E-state index is 11.3. The van der Waals surface area contributed by atoms with E-state index in [1.165, 1.54) is 7.11 Å². The van der Waals surface area contributed by atoms with E-state index < -0.39 is 6.10 Å². The molecule has 1 aliphatic rings. The number of benzene rings is 1. The molecule has 1 aromatic rings. The number of para-hydroxylation sites is 1. The fraction of sp³-hybridized carbons (Fsp3) is 0.417. The highest BCUT2D eigenvalue weighted by Gasteiger charge is 2.30. The lowest BCUT2D eigenvalue weighted by atomic mass is 10.2. The SMILES string of the molecule is COc1cccc(CO)c1OC1CCOC1=O. The van der Waals surface area contributed by atoms with E-state index in [9.17, 15) is 9.90 Å². The summed E-state index contributed by atoms with van der Waals surface area (Å²) >= 11 is 0. The highest BCUT2D eigenvalue weighted by atomic mass is 16.6. The lowest BCUT2D eigenvalue weighted by Gasteiger charge is -2.16. The molecule has 0 amide bonds. The number of aliphatic hydroxyl groups excluding tert-OH is 1. The Hall–Kier alpha value is -1.75. The van der Waals surface area contributed by atoms with Crippen LogP contribution in [0.3, 0.4) is 0 Å². The number of aliphatic hydroxyl groups is 1. The Balaban J connectivity index is 2.26. The van der Waals surface area contributed by atoms with Crippen molar-refractivity contribution >= 4 is 5.97 Å². The van der Waals surface area contributed by atoms with E-state index in [1.54, 1.807) is 18.2 Å². The van der Waals surface area contributed by atoms with Crippen LogP contribution in [0.5, 0.6) is 11.5 Å². The van der Waals surface area contributed by atoms with Gasteiger partial charge in [0.1, 0.15) is 0 Å². The van der Waals surface area contributed by atoms with Gasteiger partial charge in [0.2, 0.25) is 0 Å². The molecule has 5 heteroatoms. The Labute approximate surface area is 98.9 Å². The first-order valence-electron chi connectivity index (χ1n) is 5.36. The average molecular weight is 238 g/mol. The zero-order valence-electron chi connectivity index (χ0n) is 9.51. The van der Waals surface area contributed by atoms with E-state index in [4.69, 9.17) is 14.2 Å². The van der Waals surface area contributed by atoms with Crippen molar-refractivity contribution in [3.05, 3.63) is 23.8 Å². The largest absolute Gasteiger partial charge is 0.493 e. The second-order valence-electron chi connectivity index (χ2n) is 3.67. The van der Waals surface area contributed by atoms with Gasteiger partial charge in [-0.2, -0.15) is 0 Å². The maximum Gasteiger partial charge on any atom is 0.347 e. The molecular formula is C12H14O5. The first kappa shape index (κ1) is 11.7. The molecule has 0 aromatic heterocycles. The van der Waals surface area contributed by atoms with Gasteiger partial charge in [-0.1, -0.05) is 12.1 Å². The number of cyclic esters (lactones) is 1. The topological polar surface area (TPSA) is 65.0 Å². The fourth-order valence-electron chi connectivity index (χ4n) is 1.71. The van der Waals surface area contributed by atoms with Crippen LogP contribution in [0.1, 0.15) is 12.0 Å². The average Bonchev–Trinajstić information content (AvgIpc) is 2.75. The molecule has 0 saturated carbocycles. The number of hydrogen-bond donors (Lipinski definition) is 1. The van der Waals surface area contributed by atoms with Crippen molar-refractivity contribution in [3.8, 4) is 11.5 Å². The van der Waals surface area contributed by atoms with Gasteiger partial charge in [-0.25, -0.2) is 4.79 Å². The van der Waals surface area contributed by atoms with Crippen molar-refractivity contribution in [2.24, 2.45) is 0 Å². The number of ether oxygens (including phenoxy) is 3. The standard InChI is InChI=1S/C12H14O5/c1-15-9-4-2-3-8(7-13)11(9)17-10-5-6-16-12(10)14/h2-4,10,13H,5-7H2,1H3. The molecule has 92 valence electrons. The smallest absolute Gasteiger partial charge is 0.347 e. The predicted molar refractivity (Wildman–Crippen MR) is 58.9 cm³/mol. The first-order chi connectivity index (χ1) is 8.26. The summed E-state index contributed by atoms with van der Waals surface area (Å²) in [5, 5.41) is 9.23. The number of methoxy groups -OCH3 is 1. The Bertz CT molecular complexity index is 393. The molecule has 0 radical (unpaired) electrons. The summed E-state index contributed by atoms with van der Waals surface area (Å²) in [5.74, 6) is 0.525. The van der Waals surface area contributed by atoms with Gasteiger partial charge in [0.05, 0.1) is 20.3 Å². The lowest BCUT2D eigenvalue weighted by molar-refractivity contribution is -0.143. The number of rotatable bonds is 4. The third-order valence-electron chi connectivity index (χ3n) is 2.60. The molecule has 1 N–H and O–H groups in total. The summed E-state index contributed by atoms with van der Waals surface area (Å²) < 4.78 is 15.5. The van der Waals surface area contributed by atoms with Gasteiger partial charge in [-0.15, -0.1) is 0 Å². The molecule has 1 atom stereocenters.